The molecule has 0 radical (unpaired) electrons. The van der Waals surface area contributed by atoms with Crippen molar-refractivity contribution in [2.75, 3.05) is 11.9 Å². The Hall–Kier alpha value is -2.78. The van der Waals surface area contributed by atoms with Crippen molar-refractivity contribution in [1.82, 2.24) is 4.72 Å². The van der Waals surface area contributed by atoms with E-state index in [1.165, 1.54) is 31.2 Å². The summed E-state index contributed by atoms with van der Waals surface area (Å²) in [6, 6.07) is 10.2. The minimum Gasteiger partial charge on any atom is -0.452 e. The van der Waals surface area contributed by atoms with Gasteiger partial charge in [-0.25, -0.2) is 17.5 Å². The maximum atomic E-state index is 13.1. The molecule has 0 heterocycles. The Morgan fingerprint density at radius 3 is 2.52 bits per heavy atom. The molecule has 0 fully saturated rings. The van der Waals surface area contributed by atoms with Crippen molar-refractivity contribution in [3.63, 3.8) is 0 Å². The molecule has 9 heteroatoms. The van der Waals surface area contributed by atoms with Crippen molar-refractivity contribution in [3.8, 4) is 0 Å². The molecule has 1 amide bonds. The second kappa shape index (κ2) is 9.62. The number of amides is 1. The third-order valence-corrected chi connectivity index (χ3v) is 5.63. The molecular formula is C20H23FN2O5S. The summed E-state index contributed by atoms with van der Waals surface area (Å²) in [6.45, 7) is 4.74. The number of carbonyl (C=O) groups excluding carboxylic acids is 2. The quantitative estimate of drug-likeness (QED) is 0.637. The van der Waals surface area contributed by atoms with Crippen LogP contribution in [0.3, 0.4) is 0 Å². The van der Waals surface area contributed by atoms with Gasteiger partial charge in [0.15, 0.2) is 6.10 Å². The maximum Gasteiger partial charge on any atom is 0.307 e. The van der Waals surface area contributed by atoms with Crippen LogP contribution < -0.4 is 10.0 Å². The molecular weight excluding hydrogens is 399 g/mol. The molecule has 0 aliphatic rings. The summed E-state index contributed by atoms with van der Waals surface area (Å²) in [4.78, 5) is 24.1. The number of hydrogen-bond acceptors (Lipinski definition) is 5. The van der Waals surface area contributed by atoms with Crippen LogP contribution in [0.1, 0.15) is 24.5 Å². The average molecular weight is 422 g/mol. The highest BCUT2D eigenvalue weighted by Gasteiger charge is 2.20. The number of benzene rings is 2. The maximum absolute atomic E-state index is 13.1. The molecule has 0 aliphatic heterocycles. The van der Waals surface area contributed by atoms with Gasteiger partial charge in [-0.3, -0.25) is 9.59 Å². The topological polar surface area (TPSA) is 102 Å². The first-order valence-corrected chi connectivity index (χ1v) is 10.4. The van der Waals surface area contributed by atoms with Crippen molar-refractivity contribution in [2.24, 2.45) is 0 Å². The van der Waals surface area contributed by atoms with Gasteiger partial charge in [0.1, 0.15) is 5.82 Å². The number of esters is 1. The second-order valence-corrected chi connectivity index (χ2v) is 8.28. The summed E-state index contributed by atoms with van der Waals surface area (Å²) in [5, 5.41) is 2.43. The van der Waals surface area contributed by atoms with E-state index in [4.69, 9.17) is 4.74 Å². The van der Waals surface area contributed by atoms with Gasteiger partial charge in [0, 0.05) is 12.2 Å². The van der Waals surface area contributed by atoms with Crippen LogP contribution in [-0.2, 0) is 24.3 Å². The van der Waals surface area contributed by atoms with Gasteiger partial charge in [0.25, 0.3) is 5.91 Å². The highest BCUT2D eigenvalue weighted by Crippen LogP contribution is 2.16. The van der Waals surface area contributed by atoms with Crippen LogP contribution in [0.5, 0.6) is 0 Å². The molecule has 7 nitrogen and oxygen atoms in total. The lowest BCUT2D eigenvalue weighted by molar-refractivity contribution is -0.152. The molecule has 2 aromatic carbocycles. The summed E-state index contributed by atoms with van der Waals surface area (Å²) in [7, 11) is -3.77. The number of halogens is 1. The van der Waals surface area contributed by atoms with E-state index < -0.39 is 33.8 Å². The van der Waals surface area contributed by atoms with E-state index in [0.717, 1.165) is 11.6 Å². The minimum absolute atomic E-state index is 0.138. The Bertz CT molecular complexity index is 1010. The predicted molar refractivity (Wildman–Crippen MR) is 106 cm³/mol. The van der Waals surface area contributed by atoms with E-state index in [0.29, 0.717) is 5.56 Å². The fourth-order valence-electron chi connectivity index (χ4n) is 2.59. The molecule has 2 N–H and O–H groups in total. The summed E-state index contributed by atoms with van der Waals surface area (Å²) in [6.07, 6.45) is -1.37. The fraction of sp³-hybridized carbons (Fsp3) is 0.300. The molecule has 0 saturated carbocycles. The number of nitrogens with one attached hydrogen (secondary N) is 2. The molecule has 2 rings (SSSR count). The highest BCUT2D eigenvalue weighted by atomic mass is 32.2. The molecule has 0 spiro atoms. The predicted octanol–water partition coefficient (Wildman–Crippen LogP) is 2.68. The van der Waals surface area contributed by atoms with E-state index >= 15 is 0 Å². The first-order chi connectivity index (χ1) is 13.6. The summed E-state index contributed by atoms with van der Waals surface area (Å²) in [5.41, 5.74) is 1.78. The fourth-order valence-corrected chi connectivity index (χ4v) is 3.84. The zero-order valence-corrected chi connectivity index (χ0v) is 17.2. The van der Waals surface area contributed by atoms with E-state index in [2.05, 4.69) is 10.0 Å². The van der Waals surface area contributed by atoms with Crippen molar-refractivity contribution < 1.29 is 27.1 Å². The van der Waals surface area contributed by atoms with Crippen LogP contribution in [0.4, 0.5) is 10.1 Å². The van der Waals surface area contributed by atoms with Crippen LogP contribution in [0.2, 0.25) is 0 Å². The van der Waals surface area contributed by atoms with Crippen LogP contribution in [0.15, 0.2) is 47.4 Å². The van der Waals surface area contributed by atoms with Crippen LogP contribution in [0.25, 0.3) is 0 Å². The average Bonchev–Trinajstić information content (AvgIpc) is 2.61. The van der Waals surface area contributed by atoms with Crippen molar-refractivity contribution in [1.29, 1.82) is 0 Å². The molecule has 0 bridgehead atoms. The van der Waals surface area contributed by atoms with Gasteiger partial charge in [-0.05, 0) is 50.6 Å². The third-order valence-electron chi connectivity index (χ3n) is 4.01. The van der Waals surface area contributed by atoms with Crippen molar-refractivity contribution in [3.05, 3.63) is 59.4 Å². The first-order valence-electron chi connectivity index (χ1n) is 8.91. The number of ether oxygens (including phenoxy) is 1. The zero-order valence-electron chi connectivity index (χ0n) is 16.4. The number of aryl methyl sites for hydroxylation is 2. The zero-order chi connectivity index (χ0) is 21.6. The number of rotatable bonds is 8. The van der Waals surface area contributed by atoms with Crippen molar-refractivity contribution >= 4 is 27.6 Å². The molecule has 0 aromatic heterocycles. The van der Waals surface area contributed by atoms with E-state index in [1.807, 2.05) is 6.92 Å². The standard InChI is InChI=1S/C20H23FN2O5S/c1-13-7-8-18(14(2)11-13)29(26,27)22-10-9-19(24)28-15(3)20(25)23-17-6-4-5-16(21)12-17/h4-8,11-12,15,22H,9-10H2,1-3H3,(H,23,25)/t15-/m0/s1. The molecule has 0 saturated heterocycles. The Kier molecular flexibility index (Phi) is 7.46. The molecule has 0 aliphatic carbocycles. The van der Waals surface area contributed by atoms with Crippen molar-refractivity contribution in [2.45, 2.75) is 38.2 Å². The van der Waals surface area contributed by atoms with Gasteiger partial charge in [0.05, 0.1) is 11.3 Å². The third kappa shape index (κ3) is 6.65. The lowest BCUT2D eigenvalue weighted by atomic mass is 10.2. The molecule has 156 valence electrons. The monoisotopic (exact) mass is 422 g/mol. The highest BCUT2D eigenvalue weighted by molar-refractivity contribution is 7.89. The SMILES string of the molecule is Cc1ccc(S(=O)(=O)NCCC(=O)O[C@@H](C)C(=O)Nc2cccc(F)c2)c(C)c1. The summed E-state index contributed by atoms with van der Waals surface area (Å²) >= 11 is 0. The Labute approximate surface area is 169 Å². The number of carbonyl (C=O) groups is 2. The smallest absolute Gasteiger partial charge is 0.307 e. The van der Waals surface area contributed by atoms with E-state index in [-0.39, 0.29) is 23.5 Å². The first kappa shape index (κ1) is 22.5. The summed E-state index contributed by atoms with van der Waals surface area (Å²) < 4.78 is 45.2. The van der Waals surface area contributed by atoms with E-state index in [1.54, 1.807) is 19.1 Å². The molecule has 1 atom stereocenters. The van der Waals surface area contributed by atoms with Crippen LogP contribution >= 0.6 is 0 Å². The Balaban J connectivity index is 1.83. The second-order valence-electron chi connectivity index (χ2n) is 6.55. The summed E-state index contributed by atoms with van der Waals surface area (Å²) in [5.74, 6) is -1.88. The van der Waals surface area contributed by atoms with Crippen LogP contribution in [-0.4, -0.2) is 32.9 Å². The minimum atomic E-state index is -3.77. The number of sulfonamides is 1. The molecule has 2 aromatic rings. The Morgan fingerprint density at radius 1 is 1.14 bits per heavy atom. The normalized spacial score (nSPS) is 12.3. The van der Waals surface area contributed by atoms with Gasteiger partial charge >= 0.3 is 5.97 Å². The largest absolute Gasteiger partial charge is 0.452 e. The van der Waals surface area contributed by atoms with Gasteiger partial charge in [-0.15, -0.1) is 0 Å². The van der Waals surface area contributed by atoms with Crippen LogP contribution in [0, 0.1) is 19.7 Å². The van der Waals surface area contributed by atoms with Gasteiger partial charge in [-0.2, -0.15) is 0 Å². The lowest BCUT2D eigenvalue weighted by Crippen LogP contribution is -2.32. The number of hydrogen-bond donors (Lipinski definition) is 2. The Morgan fingerprint density at radius 2 is 1.86 bits per heavy atom. The van der Waals surface area contributed by atoms with Gasteiger partial charge in [0.2, 0.25) is 10.0 Å². The molecule has 29 heavy (non-hydrogen) atoms. The lowest BCUT2D eigenvalue weighted by Gasteiger charge is -2.14. The number of anilines is 1. The van der Waals surface area contributed by atoms with Gasteiger partial charge in [-0.1, -0.05) is 23.8 Å². The van der Waals surface area contributed by atoms with E-state index in [9.17, 15) is 22.4 Å². The van der Waals surface area contributed by atoms with Gasteiger partial charge < -0.3 is 10.1 Å². The molecule has 0 unspecified atom stereocenters.